The summed E-state index contributed by atoms with van der Waals surface area (Å²) in [7, 11) is 0. The number of aliphatic hydroxyl groups is 4. The first-order valence-corrected chi connectivity index (χ1v) is 20.4. The fourth-order valence-electron chi connectivity index (χ4n) is 10.8. The number of piperazine rings is 1. The Morgan fingerprint density at radius 2 is 1.70 bits per heavy atom. The molecule has 3 aromatic rings. The van der Waals surface area contributed by atoms with Crippen LogP contribution >= 0.6 is 0 Å². The molecule has 3 aliphatic carbocycles. The third-order valence-corrected chi connectivity index (χ3v) is 13.8. The number of fused-ring (bicyclic) bond motifs is 5. The summed E-state index contributed by atoms with van der Waals surface area (Å²) < 4.78 is 57.2. The van der Waals surface area contributed by atoms with Gasteiger partial charge < -0.3 is 44.6 Å². The molecule has 0 bridgehead atoms. The van der Waals surface area contributed by atoms with Gasteiger partial charge in [0.25, 0.3) is 0 Å². The molecule has 0 spiro atoms. The topological polar surface area (TPSA) is 148 Å². The van der Waals surface area contributed by atoms with Crippen molar-refractivity contribution < 1.29 is 52.9 Å². The average Bonchev–Trinajstić information content (AvgIpc) is 3.51. The zero-order chi connectivity index (χ0) is 40.1. The zero-order valence-electron chi connectivity index (χ0n) is 32.2. The summed E-state index contributed by atoms with van der Waals surface area (Å²) in [5.41, 5.74) is 2.52. The molecule has 14 heteroatoms. The lowest BCUT2D eigenvalue weighted by atomic mass is 9.52. The van der Waals surface area contributed by atoms with Crippen molar-refractivity contribution in [1.29, 1.82) is 0 Å². The minimum Gasteiger partial charge on any atom is -0.508 e. The van der Waals surface area contributed by atoms with Crippen LogP contribution < -0.4 is 14.4 Å². The number of anilines is 1. The first-order chi connectivity index (χ1) is 27.3. The van der Waals surface area contributed by atoms with Gasteiger partial charge in [-0.2, -0.15) is 13.2 Å². The lowest BCUT2D eigenvalue weighted by Crippen LogP contribution is -2.62. The fourth-order valence-corrected chi connectivity index (χ4v) is 10.8. The number of hydrogen-bond donors (Lipinski definition) is 5. The predicted octanol–water partition coefficient (Wildman–Crippen LogP) is 5.12. The monoisotopic (exact) mass is 797 g/mol. The number of hydrogen-bond acceptors (Lipinski definition) is 11. The highest BCUT2D eigenvalue weighted by Gasteiger charge is 2.56. The maximum atomic E-state index is 13.3. The van der Waals surface area contributed by atoms with Gasteiger partial charge in [0.15, 0.2) is 6.10 Å². The normalized spacial score (nSPS) is 34.3. The average molecular weight is 798 g/mol. The number of alkyl halides is 3. The molecule has 5 aliphatic rings. The van der Waals surface area contributed by atoms with Crippen LogP contribution in [0, 0.1) is 23.2 Å². The van der Waals surface area contributed by atoms with Gasteiger partial charge in [0.05, 0.1) is 12.7 Å². The summed E-state index contributed by atoms with van der Waals surface area (Å²) in [6.07, 6.45) is -4.90. The Morgan fingerprint density at radius 1 is 0.930 bits per heavy atom. The van der Waals surface area contributed by atoms with Gasteiger partial charge in [0.1, 0.15) is 35.5 Å². The Hall–Kier alpha value is -3.66. The van der Waals surface area contributed by atoms with E-state index in [1.165, 1.54) is 17.2 Å². The number of benzene rings is 2. The standard InChI is InChI=1S/C43H54F3N3O8/c1-42-16-15-31-30-12-9-28(51)23-26(30)22-25(37(31)32(42)13-14-35(42)52)4-3-17-48-18-20-49(21-19-48)27-7-10-29(11-8-27)55-41-40(39(54)38(53)33(24-50)56-41)57-36-6-2-5-34(47-36)43(44,45)46/h2,5-12,23,25,31-33,35,37-41,50-54H,3-4,13-22,24H2,1H3/t25?,31?,32?,33-,35+,37?,38+,39+,40-,41+,42+/m1/s1. The van der Waals surface area contributed by atoms with E-state index in [0.717, 1.165) is 95.5 Å². The molecule has 11 atom stereocenters. The van der Waals surface area contributed by atoms with Crippen LogP contribution in [0.2, 0.25) is 0 Å². The largest absolute Gasteiger partial charge is 0.508 e. The Balaban J connectivity index is 0.861. The highest BCUT2D eigenvalue weighted by Crippen LogP contribution is 2.62. The quantitative estimate of drug-likeness (QED) is 0.186. The third kappa shape index (κ3) is 8.05. The van der Waals surface area contributed by atoms with Crippen molar-refractivity contribution in [3.8, 4) is 17.4 Å². The summed E-state index contributed by atoms with van der Waals surface area (Å²) in [6, 6.07) is 16.3. The molecular formula is C43H54F3N3O8. The SMILES string of the molecule is C[C@]12CCC3c4ccc(O)cc4CC(CCCN4CCN(c5ccc(O[C@H]6O[C@H](CO)[C@H](O)[C@H](O)[C@H]6Oc6cccc(C(F)(F)F)n6)cc5)CC4)C3C1CC[C@@H]2O. The molecule has 0 radical (unpaired) electrons. The van der Waals surface area contributed by atoms with Gasteiger partial charge >= 0.3 is 6.18 Å². The number of aromatic hydroxyl groups is 1. The molecule has 310 valence electrons. The van der Waals surface area contributed by atoms with Crippen LogP contribution in [0.4, 0.5) is 18.9 Å². The molecule has 57 heavy (non-hydrogen) atoms. The summed E-state index contributed by atoms with van der Waals surface area (Å²) >= 11 is 0. The predicted molar refractivity (Wildman–Crippen MR) is 204 cm³/mol. The molecule has 4 unspecified atom stereocenters. The maximum absolute atomic E-state index is 13.3. The number of ether oxygens (including phenoxy) is 3. The molecule has 2 aliphatic heterocycles. The second-order valence-corrected chi connectivity index (χ2v) is 17.0. The van der Waals surface area contributed by atoms with Crippen LogP contribution in [0.25, 0.3) is 0 Å². The second-order valence-electron chi connectivity index (χ2n) is 17.0. The van der Waals surface area contributed by atoms with Gasteiger partial charge in [-0.1, -0.05) is 19.1 Å². The van der Waals surface area contributed by atoms with Crippen LogP contribution in [-0.4, -0.2) is 112 Å². The van der Waals surface area contributed by atoms with E-state index in [1.807, 2.05) is 24.3 Å². The molecule has 2 saturated carbocycles. The van der Waals surface area contributed by atoms with Gasteiger partial charge in [-0.25, -0.2) is 4.98 Å². The Kier molecular flexibility index (Phi) is 11.4. The van der Waals surface area contributed by atoms with E-state index in [2.05, 4.69) is 27.8 Å². The molecule has 8 rings (SSSR count). The first-order valence-electron chi connectivity index (χ1n) is 20.4. The van der Waals surface area contributed by atoms with Crippen molar-refractivity contribution in [2.45, 2.75) is 101 Å². The molecule has 3 heterocycles. The third-order valence-electron chi connectivity index (χ3n) is 13.8. The van der Waals surface area contributed by atoms with E-state index in [4.69, 9.17) is 14.2 Å². The summed E-state index contributed by atoms with van der Waals surface area (Å²) in [5, 5.41) is 52.4. The molecular weight excluding hydrogens is 743 g/mol. The Labute approximate surface area is 331 Å². The van der Waals surface area contributed by atoms with Crippen LogP contribution in [0.5, 0.6) is 17.4 Å². The molecule has 11 nitrogen and oxygen atoms in total. The number of aliphatic hydroxyl groups excluding tert-OH is 4. The number of rotatable bonds is 10. The van der Waals surface area contributed by atoms with E-state index in [1.54, 1.807) is 12.1 Å². The number of nitrogens with zero attached hydrogens (tertiary/aromatic N) is 3. The number of halogens is 3. The minimum absolute atomic E-state index is 0.00262. The van der Waals surface area contributed by atoms with Crippen LogP contribution in [0.3, 0.4) is 0 Å². The van der Waals surface area contributed by atoms with Crippen LogP contribution in [-0.2, 0) is 17.3 Å². The fraction of sp³-hybridized carbons (Fsp3) is 0.605. The van der Waals surface area contributed by atoms with Gasteiger partial charge in [-0.05, 0) is 134 Å². The Morgan fingerprint density at radius 3 is 2.44 bits per heavy atom. The van der Waals surface area contributed by atoms with Gasteiger partial charge in [0.2, 0.25) is 12.2 Å². The van der Waals surface area contributed by atoms with Gasteiger partial charge in [-0.15, -0.1) is 0 Å². The van der Waals surface area contributed by atoms with Crippen molar-refractivity contribution >= 4 is 5.69 Å². The highest BCUT2D eigenvalue weighted by molar-refractivity contribution is 5.49. The summed E-state index contributed by atoms with van der Waals surface area (Å²) in [4.78, 5) is 8.32. The maximum Gasteiger partial charge on any atom is 0.433 e. The molecule has 0 amide bonds. The molecule has 2 saturated heterocycles. The molecule has 1 aromatic heterocycles. The van der Waals surface area contributed by atoms with E-state index >= 15 is 0 Å². The summed E-state index contributed by atoms with van der Waals surface area (Å²) in [6.45, 7) is 6.22. The first kappa shape index (κ1) is 40.1. The number of aromatic nitrogens is 1. The number of phenols is 1. The lowest BCUT2D eigenvalue weighted by Gasteiger charge is -2.53. The molecule has 5 N–H and O–H groups in total. The van der Waals surface area contributed by atoms with Crippen molar-refractivity contribution in [3.05, 3.63) is 77.5 Å². The smallest absolute Gasteiger partial charge is 0.433 e. The molecule has 2 aromatic carbocycles. The van der Waals surface area contributed by atoms with E-state index in [-0.39, 0.29) is 11.5 Å². The van der Waals surface area contributed by atoms with Crippen molar-refractivity contribution in [2.75, 3.05) is 44.2 Å². The number of phenolic OH excluding ortho intramolecular Hbond substituents is 1. The second kappa shape index (κ2) is 16.2. The number of pyridine rings is 1. The van der Waals surface area contributed by atoms with Gasteiger partial charge in [0, 0.05) is 37.9 Å². The molecule has 4 fully saturated rings. The summed E-state index contributed by atoms with van der Waals surface area (Å²) in [5.74, 6) is 2.35. The van der Waals surface area contributed by atoms with Gasteiger partial charge in [-0.3, -0.25) is 4.90 Å². The zero-order valence-corrected chi connectivity index (χ0v) is 32.2. The van der Waals surface area contributed by atoms with E-state index in [0.29, 0.717) is 35.2 Å². The van der Waals surface area contributed by atoms with E-state index < -0.39 is 55.1 Å². The Bertz CT molecular complexity index is 1840. The highest BCUT2D eigenvalue weighted by atomic mass is 19.4. The van der Waals surface area contributed by atoms with E-state index in [9.17, 15) is 38.7 Å². The minimum atomic E-state index is -4.72. The van der Waals surface area contributed by atoms with Crippen LogP contribution in [0.15, 0.2) is 60.7 Å². The van der Waals surface area contributed by atoms with Crippen molar-refractivity contribution in [2.24, 2.45) is 23.2 Å². The van der Waals surface area contributed by atoms with Crippen molar-refractivity contribution in [1.82, 2.24) is 9.88 Å². The van der Waals surface area contributed by atoms with Crippen LogP contribution in [0.1, 0.15) is 68.2 Å². The lowest BCUT2D eigenvalue weighted by molar-refractivity contribution is -0.272. The van der Waals surface area contributed by atoms with Crippen molar-refractivity contribution in [3.63, 3.8) is 0 Å².